The van der Waals surface area contributed by atoms with Crippen molar-refractivity contribution in [3.05, 3.63) is 138 Å². The van der Waals surface area contributed by atoms with Crippen molar-refractivity contribution < 1.29 is 28.5 Å². The molecule has 0 saturated heterocycles. The number of benzene rings is 4. The predicted molar refractivity (Wildman–Crippen MR) is 269 cm³/mol. The van der Waals surface area contributed by atoms with Crippen LogP contribution in [0.5, 0.6) is 23.0 Å². The van der Waals surface area contributed by atoms with Crippen molar-refractivity contribution in [3.63, 3.8) is 0 Å². The van der Waals surface area contributed by atoms with Gasteiger partial charge in [-0.05, 0) is 133 Å². The Morgan fingerprint density at radius 2 is 0.727 bits per heavy atom. The number of unbranched alkanes of at least 4 members (excludes halogenated alkanes) is 18. The predicted octanol–water partition coefficient (Wildman–Crippen LogP) is 15.6. The number of rotatable bonds is 32. The second-order valence-electron chi connectivity index (χ2n) is 16.9. The van der Waals surface area contributed by atoms with Crippen LogP contribution in [0.2, 0.25) is 0 Å². The zero-order chi connectivity index (χ0) is 46.3. The Morgan fingerprint density at radius 1 is 0.409 bits per heavy atom. The van der Waals surface area contributed by atoms with E-state index in [0.29, 0.717) is 11.5 Å². The molecule has 0 aliphatic heterocycles. The highest BCUT2D eigenvalue weighted by Gasteiger charge is 2.16. The fourth-order valence-corrected chi connectivity index (χ4v) is 7.34. The summed E-state index contributed by atoms with van der Waals surface area (Å²) in [5, 5.41) is 0. The molecule has 0 N–H and O–H groups in total. The molecule has 0 bridgehead atoms. The summed E-state index contributed by atoms with van der Waals surface area (Å²) < 4.78 is 23.0. The quantitative estimate of drug-likeness (QED) is 0.0183. The molecule has 5 aromatic rings. The van der Waals surface area contributed by atoms with Crippen LogP contribution in [-0.4, -0.2) is 42.6 Å². The van der Waals surface area contributed by atoms with Crippen molar-refractivity contribution in [2.75, 3.05) is 13.2 Å². The van der Waals surface area contributed by atoms with Gasteiger partial charge in [-0.25, -0.2) is 14.6 Å². The van der Waals surface area contributed by atoms with Crippen LogP contribution in [0.4, 0.5) is 11.4 Å². The number of nitrogens with zero attached hydrogens (tertiary/aromatic N) is 3. The molecule has 0 fully saturated rings. The van der Waals surface area contributed by atoms with Gasteiger partial charge in [0.2, 0.25) is 0 Å². The van der Waals surface area contributed by atoms with Gasteiger partial charge < -0.3 is 18.9 Å². The summed E-state index contributed by atoms with van der Waals surface area (Å²) in [7, 11) is 0. The van der Waals surface area contributed by atoms with Crippen molar-refractivity contribution in [1.29, 1.82) is 0 Å². The molecule has 9 heteroatoms. The van der Waals surface area contributed by atoms with Gasteiger partial charge in [0.15, 0.2) is 0 Å². The molecule has 0 saturated carbocycles. The minimum absolute atomic E-state index is 0.0220. The lowest BCUT2D eigenvalue weighted by molar-refractivity contribution is 0.0722. The maximum absolute atomic E-state index is 13.0. The Kier molecular flexibility index (Phi) is 23.9. The number of pyridine rings is 1. The minimum Gasteiger partial charge on any atom is -0.494 e. The summed E-state index contributed by atoms with van der Waals surface area (Å²) in [4.78, 5) is 39.3. The lowest BCUT2D eigenvalue weighted by atomic mass is 10.1. The van der Waals surface area contributed by atoms with Crippen LogP contribution >= 0.6 is 0 Å². The van der Waals surface area contributed by atoms with E-state index in [-0.39, 0.29) is 11.4 Å². The third-order valence-electron chi connectivity index (χ3n) is 11.3. The van der Waals surface area contributed by atoms with Crippen LogP contribution in [0.1, 0.15) is 174 Å². The van der Waals surface area contributed by atoms with E-state index < -0.39 is 11.9 Å². The standard InChI is InChI=1S/C57H71N3O6/c1-3-5-7-9-11-13-15-17-19-21-42-63-50-38-30-48(31-39-50)58-44-46-26-34-52(35-27-46)65-56(61)54-24-23-25-55(60-54)57(62)66-53-36-28-47(29-37-53)45-59-49-32-40-51(41-33-49)64-43-22-20-18-16-14-12-10-8-6-4-2/h23-41,44-45H,3-22,42-43H2,1-2H3. The summed E-state index contributed by atoms with van der Waals surface area (Å²) in [6, 6.07) is 34.0. The van der Waals surface area contributed by atoms with Gasteiger partial charge in [-0.15, -0.1) is 0 Å². The summed E-state index contributed by atoms with van der Waals surface area (Å²) in [5.41, 5.74) is 3.24. The normalized spacial score (nSPS) is 11.3. The van der Waals surface area contributed by atoms with E-state index in [9.17, 15) is 9.59 Å². The number of carbonyl (C=O) groups is 2. The summed E-state index contributed by atoms with van der Waals surface area (Å²) >= 11 is 0. The Morgan fingerprint density at radius 3 is 1.08 bits per heavy atom. The molecule has 0 aliphatic rings. The molecule has 350 valence electrons. The van der Waals surface area contributed by atoms with Crippen molar-refractivity contribution in [2.24, 2.45) is 9.98 Å². The largest absolute Gasteiger partial charge is 0.494 e. The van der Waals surface area contributed by atoms with Crippen LogP contribution in [0.15, 0.2) is 125 Å². The first-order valence-electron chi connectivity index (χ1n) is 24.6. The number of hydrogen-bond donors (Lipinski definition) is 0. The Hall–Kier alpha value is -6.09. The Balaban J connectivity index is 0.971. The number of hydrogen-bond acceptors (Lipinski definition) is 9. The van der Waals surface area contributed by atoms with Crippen LogP contribution in [0, 0.1) is 0 Å². The van der Waals surface area contributed by atoms with Crippen molar-refractivity contribution in [2.45, 2.75) is 142 Å². The van der Waals surface area contributed by atoms with E-state index in [1.54, 1.807) is 67.0 Å². The molecule has 1 aromatic heterocycles. The van der Waals surface area contributed by atoms with E-state index in [4.69, 9.17) is 18.9 Å². The second kappa shape index (κ2) is 30.9. The van der Waals surface area contributed by atoms with Gasteiger partial charge in [-0.1, -0.05) is 135 Å². The molecular weight excluding hydrogens is 823 g/mol. The molecule has 9 nitrogen and oxygen atoms in total. The van der Waals surface area contributed by atoms with Crippen molar-refractivity contribution >= 4 is 35.7 Å². The molecule has 5 rings (SSSR count). The molecule has 0 radical (unpaired) electrons. The van der Waals surface area contributed by atoms with E-state index in [0.717, 1.165) is 60.1 Å². The van der Waals surface area contributed by atoms with Crippen LogP contribution in [0.3, 0.4) is 0 Å². The number of ether oxygens (including phenoxy) is 4. The first-order valence-corrected chi connectivity index (χ1v) is 24.6. The maximum Gasteiger partial charge on any atom is 0.362 e. The number of aliphatic imine (C=N–C) groups is 2. The third kappa shape index (κ3) is 20.4. The van der Waals surface area contributed by atoms with Gasteiger partial charge in [0.25, 0.3) is 0 Å². The van der Waals surface area contributed by atoms with Gasteiger partial charge in [0.05, 0.1) is 24.6 Å². The van der Waals surface area contributed by atoms with Crippen LogP contribution < -0.4 is 18.9 Å². The first kappa shape index (κ1) is 50.9. The number of carbonyl (C=O) groups excluding carboxylic acids is 2. The van der Waals surface area contributed by atoms with Gasteiger partial charge in [0.1, 0.15) is 34.4 Å². The van der Waals surface area contributed by atoms with Crippen molar-refractivity contribution in [3.8, 4) is 23.0 Å². The SMILES string of the molecule is CCCCCCCCCCCCOc1ccc(N=Cc2ccc(OC(=O)c3cccc(C(=O)Oc4ccc(C=Nc5ccc(OCCCCCCCCCCCC)cc5)cc4)n3)cc2)cc1. The van der Waals surface area contributed by atoms with E-state index in [2.05, 4.69) is 28.8 Å². The lowest BCUT2D eigenvalue weighted by Gasteiger charge is -2.07. The lowest BCUT2D eigenvalue weighted by Crippen LogP contribution is -2.15. The van der Waals surface area contributed by atoms with E-state index >= 15 is 0 Å². The maximum atomic E-state index is 13.0. The zero-order valence-electron chi connectivity index (χ0n) is 39.5. The van der Waals surface area contributed by atoms with Crippen molar-refractivity contribution in [1.82, 2.24) is 4.98 Å². The third-order valence-corrected chi connectivity index (χ3v) is 11.3. The molecular formula is C57H71N3O6. The average Bonchev–Trinajstić information content (AvgIpc) is 3.35. The monoisotopic (exact) mass is 894 g/mol. The van der Waals surface area contributed by atoms with Gasteiger partial charge in [-0.2, -0.15) is 0 Å². The molecule has 4 aromatic carbocycles. The summed E-state index contributed by atoms with van der Waals surface area (Å²) in [6.07, 6.45) is 29.5. The first-order chi connectivity index (χ1) is 32.5. The average molecular weight is 894 g/mol. The van der Waals surface area contributed by atoms with Gasteiger partial charge in [0, 0.05) is 12.4 Å². The van der Waals surface area contributed by atoms with Gasteiger partial charge in [-0.3, -0.25) is 9.98 Å². The van der Waals surface area contributed by atoms with E-state index in [1.807, 2.05) is 48.5 Å². The Bertz CT molecular complexity index is 2010. The molecule has 0 atom stereocenters. The summed E-state index contributed by atoms with van der Waals surface area (Å²) in [5.74, 6) is 0.964. The molecule has 1 heterocycles. The van der Waals surface area contributed by atoms with Gasteiger partial charge >= 0.3 is 11.9 Å². The topological polar surface area (TPSA) is 109 Å². The molecule has 0 spiro atoms. The molecule has 0 aliphatic carbocycles. The molecule has 0 unspecified atom stereocenters. The fourth-order valence-electron chi connectivity index (χ4n) is 7.34. The number of esters is 2. The highest BCUT2D eigenvalue weighted by atomic mass is 16.5. The zero-order valence-corrected chi connectivity index (χ0v) is 39.5. The smallest absolute Gasteiger partial charge is 0.362 e. The van der Waals surface area contributed by atoms with Crippen LogP contribution in [-0.2, 0) is 0 Å². The highest BCUT2D eigenvalue weighted by molar-refractivity contribution is 5.93. The Labute approximate surface area is 394 Å². The fraction of sp³-hybridized carbons (Fsp3) is 0.421. The number of aromatic nitrogens is 1. The second-order valence-corrected chi connectivity index (χ2v) is 16.9. The molecule has 66 heavy (non-hydrogen) atoms. The summed E-state index contributed by atoms with van der Waals surface area (Å²) in [6.45, 7) is 5.97. The van der Waals surface area contributed by atoms with Crippen LogP contribution in [0.25, 0.3) is 0 Å². The highest BCUT2D eigenvalue weighted by Crippen LogP contribution is 2.22. The van der Waals surface area contributed by atoms with E-state index in [1.165, 1.54) is 128 Å². The minimum atomic E-state index is -0.698. The molecule has 0 amide bonds.